The van der Waals surface area contributed by atoms with E-state index in [1.807, 2.05) is 0 Å². The van der Waals surface area contributed by atoms with Crippen LogP contribution in [0.4, 0.5) is 0 Å². The van der Waals surface area contributed by atoms with Gasteiger partial charge < -0.3 is 61.4 Å². The Kier molecular flexibility index (Phi) is 33.1. The Balaban J connectivity index is -0.000000976. The molecule has 0 aliphatic carbocycles. The highest BCUT2D eigenvalue weighted by Gasteiger charge is 2.22. The monoisotopic (exact) mass is 606 g/mol. The van der Waals surface area contributed by atoms with Crippen LogP contribution in [0.2, 0.25) is 0 Å². The van der Waals surface area contributed by atoms with Crippen LogP contribution in [-0.2, 0) is 19.2 Å². The van der Waals surface area contributed by atoms with Gasteiger partial charge in [0.1, 0.15) is 6.04 Å². The second kappa shape index (κ2) is 31.5. The molecule has 3 unspecified atom stereocenters. The Bertz CT molecular complexity index is 686. The Hall–Kier alpha value is -2.40. The first kappa shape index (κ1) is 44.0. The number of hydrogen-bond acceptors (Lipinski definition) is 11. The molecule has 0 aliphatic heterocycles. The van der Waals surface area contributed by atoms with Gasteiger partial charge in [-0.25, -0.2) is 0 Å². The number of unbranched alkanes of at least 4 members (excludes halogenated alkanes) is 4. The topological polar surface area (TPSA) is 299 Å². The summed E-state index contributed by atoms with van der Waals surface area (Å²) in [6.07, 6.45) is 8.76. The highest BCUT2D eigenvalue weighted by molar-refractivity contribution is 5.89. The first-order chi connectivity index (χ1) is 20.1. The molecule has 42 heavy (non-hydrogen) atoms. The minimum Gasteiger partial charge on any atom is -0.358 e. The average molecular weight is 606 g/mol. The summed E-state index contributed by atoms with van der Waals surface area (Å²) in [6.45, 7) is 2.29. The largest absolute Gasteiger partial charge is 0.358 e. The van der Waals surface area contributed by atoms with Gasteiger partial charge in [0.15, 0.2) is 0 Å². The third-order valence-corrected chi connectivity index (χ3v) is 6.26. The minimum absolute atomic E-state index is 0.0954. The molecule has 0 bridgehead atoms. The van der Waals surface area contributed by atoms with Gasteiger partial charge in [0.05, 0.1) is 18.1 Å². The molecule has 0 aromatic rings. The van der Waals surface area contributed by atoms with Crippen LogP contribution in [-0.4, -0.2) is 95.1 Å². The Labute approximate surface area is 252 Å². The van der Waals surface area contributed by atoms with Crippen molar-refractivity contribution >= 4 is 23.6 Å². The summed E-state index contributed by atoms with van der Waals surface area (Å²) in [5.41, 5.74) is 37.9. The van der Waals surface area contributed by atoms with Gasteiger partial charge in [-0.3, -0.25) is 19.2 Å². The SMILES string of the molecule is CN.CNC(=O)C(CCCCNC(=O)C(N)CCCCN)NC(=O)C(N)CCCCN.CNC(=O)[C@@H](N)CCCCN. The summed E-state index contributed by atoms with van der Waals surface area (Å²) in [5.74, 6) is -0.880. The van der Waals surface area contributed by atoms with Gasteiger partial charge in [-0.1, -0.05) is 19.3 Å². The number of hydrogen-bond donors (Lipinski definition) is 11. The molecule has 0 radical (unpaired) electrons. The number of rotatable bonds is 22. The number of nitrogens with two attached hydrogens (primary N) is 7. The smallest absolute Gasteiger partial charge is 0.242 e. The van der Waals surface area contributed by atoms with Crippen molar-refractivity contribution in [1.82, 2.24) is 21.3 Å². The van der Waals surface area contributed by atoms with Crippen molar-refractivity contribution in [3.05, 3.63) is 0 Å². The van der Waals surface area contributed by atoms with E-state index in [0.29, 0.717) is 58.3 Å². The maximum atomic E-state index is 12.2. The summed E-state index contributed by atoms with van der Waals surface area (Å²) in [6, 6.07) is -2.21. The highest BCUT2D eigenvalue weighted by atomic mass is 16.2. The number of likely N-dealkylation sites (N-methyl/N-ethyl adjacent to an activating group) is 2. The second-order valence-electron chi connectivity index (χ2n) is 9.75. The molecule has 4 atom stereocenters. The Morgan fingerprint density at radius 1 is 0.524 bits per heavy atom. The lowest BCUT2D eigenvalue weighted by Crippen LogP contribution is -2.51. The van der Waals surface area contributed by atoms with Crippen LogP contribution in [0.15, 0.2) is 0 Å². The van der Waals surface area contributed by atoms with Gasteiger partial charge in [-0.2, -0.15) is 0 Å². The van der Waals surface area contributed by atoms with E-state index in [9.17, 15) is 19.2 Å². The Morgan fingerprint density at radius 2 is 0.905 bits per heavy atom. The van der Waals surface area contributed by atoms with E-state index in [0.717, 1.165) is 44.9 Å². The van der Waals surface area contributed by atoms with Crippen molar-refractivity contribution in [3.63, 3.8) is 0 Å². The standard InChI is InChI=1S/C19H41N7O3.C7H17N3O.CH5N/c1-24-19(29)16(26-18(28)15(23)9-3-6-12-21)10-4-7-13-25-17(27)14(22)8-2-5-11-20;1-10-7(11)6(9)4-2-3-5-8;1-2/h14-16H,2-13,20-23H2,1H3,(H,24,29)(H,25,27)(H,26,28);6H,2-5,8-9H2,1H3,(H,10,11);2H2,1H3/t;6-;/m.0./s1. The van der Waals surface area contributed by atoms with E-state index in [4.69, 9.17) is 34.4 Å². The summed E-state index contributed by atoms with van der Waals surface area (Å²) in [5, 5.41) is 10.6. The van der Waals surface area contributed by atoms with Crippen LogP contribution in [0.5, 0.6) is 0 Å². The summed E-state index contributed by atoms with van der Waals surface area (Å²) in [7, 11) is 4.61. The van der Waals surface area contributed by atoms with Gasteiger partial charge in [0.25, 0.3) is 0 Å². The molecule has 18 N–H and O–H groups in total. The lowest BCUT2D eigenvalue weighted by Gasteiger charge is -2.20. The van der Waals surface area contributed by atoms with Gasteiger partial charge >= 0.3 is 0 Å². The predicted octanol–water partition coefficient (Wildman–Crippen LogP) is -2.82. The van der Waals surface area contributed by atoms with Crippen LogP contribution < -0.4 is 61.4 Å². The number of amides is 4. The van der Waals surface area contributed by atoms with Crippen molar-refractivity contribution < 1.29 is 19.2 Å². The molecule has 0 aromatic carbocycles. The van der Waals surface area contributed by atoms with E-state index >= 15 is 0 Å². The van der Waals surface area contributed by atoms with Crippen molar-refractivity contribution in [3.8, 4) is 0 Å². The van der Waals surface area contributed by atoms with E-state index in [-0.39, 0.29) is 29.7 Å². The van der Waals surface area contributed by atoms with Gasteiger partial charge in [0, 0.05) is 20.6 Å². The van der Waals surface area contributed by atoms with E-state index in [2.05, 4.69) is 27.0 Å². The maximum Gasteiger partial charge on any atom is 0.242 e. The fourth-order valence-corrected chi connectivity index (χ4v) is 3.64. The van der Waals surface area contributed by atoms with Crippen LogP contribution in [0.1, 0.15) is 77.0 Å². The third kappa shape index (κ3) is 25.3. The fourth-order valence-electron chi connectivity index (χ4n) is 3.64. The van der Waals surface area contributed by atoms with Crippen molar-refractivity contribution in [1.29, 1.82) is 0 Å². The number of nitrogens with one attached hydrogen (secondary N) is 4. The normalized spacial score (nSPS) is 13.1. The van der Waals surface area contributed by atoms with Crippen LogP contribution in [0.3, 0.4) is 0 Å². The molecule has 4 amide bonds. The fraction of sp³-hybridized carbons (Fsp3) is 0.852. The molecule has 15 heteroatoms. The van der Waals surface area contributed by atoms with Crippen LogP contribution in [0.25, 0.3) is 0 Å². The molecular formula is C27H63N11O4. The van der Waals surface area contributed by atoms with E-state index < -0.39 is 18.1 Å². The van der Waals surface area contributed by atoms with Gasteiger partial charge in [-0.05, 0) is 84.5 Å². The molecule has 15 nitrogen and oxygen atoms in total. The highest BCUT2D eigenvalue weighted by Crippen LogP contribution is 2.04. The Morgan fingerprint density at radius 3 is 1.31 bits per heavy atom. The van der Waals surface area contributed by atoms with Crippen molar-refractivity contribution in [2.75, 3.05) is 47.3 Å². The zero-order valence-corrected chi connectivity index (χ0v) is 26.3. The van der Waals surface area contributed by atoms with Crippen molar-refractivity contribution in [2.24, 2.45) is 40.1 Å². The molecule has 0 rings (SSSR count). The first-order valence-corrected chi connectivity index (χ1v) is 15.0. The quantitative estimate of drug-likeness (QED) is 0.0559. The summed E-state index contributed by atoms with van der Waals surface area (Å²) < 4.78 is 0. The van der Waals surface area contributed by atoms with Crippen LogP contribution >= 0.6 is 0 Å². The van der Waals surface area contributed by atoms with E-state index in [1.54, 1.807) is 7.05 Å². The molecule has 0 aliphatic rings. The zero-order valence-electron chi connectivity index (χ0n) is 26.3. The molecule has 0 aromatic heterocycles. The minimum atomic E-state index is -0.659. The van der Waals surface area contributed by atoms with E-state index in [1.165, 1.54) is 14.1 Å². The summed E-state index contributed by atoms with van der Waals surface area (Å²) >= 11 is 0. The molecular weight excluding hydrogens is 542 g/mol. The number of carbonyl (C=O) groups is 4. The third-order valence-electron chi connectivity index (χ3n) is 6.26. The molecule has 250 valence electrons. The molecule has 0 heterocycles. The molecule has 0 spiro atoms. The van der Waals surface area contributed by atoms with Gasteiger partial charge in [-0.15, -0.1) is 0 Å². The summed E-state index contributed by atoms with van der Waals surface area (Å²) in [4.78, 5) is 47.0. The van der Waals surface area contributed by atoms with Crippen LogP contribution in [0, 0.1) is 0 Å². The first-order valence-electron chi connectivity index (χ1n) is 15.0. The lowest BCUT2D eigenvalue weighted by atomic mass is 10.1. The molecule has 0 saturated heterocycles. The zero-order chi connectivity index (χ0) is 32.8. The van der Waals surface area contributed by atoms with Gasteiger partial charge in [0.2, 0.25) is 23.6 Å². The van der Waals surface area contributed by atoms with Crippen molar-refractivity contribution in [2.45, 2.75) is 101 Å². The number of carbonyl (C=O) groups excluding carboxylic acids is 4. The average Bonchev–Trinajstić information content (AvgIpc) is 3.00. The predicted molar refractivity (Wildman–Crippen MR) is 170 cm³/mol. The molecule has 0 fully saturated rings. The molecule has 0 saturated carbocycles. The second-order valence-corrected chi connectivity index (χ2v) is 9.75. The maximum absolute atomic E-state index is 12.2. The lowest BCUT2D eigenvalue weighted by molar-refractivity contribution is -0.129.